The van der Waals surface area contributed by atoms with Gasteiger partial charge in [-0.3, -0.25) is 4.79 Å². The number of nitrogens with zero attached hydrogens (tertiary/aromatic N) is 2. The molecule has 1 heterocycles. The zero-order valence-electron chi connectivity index (χ0n) is 13.5. The van der Waals surface area contributed by atoms with E-state index < -0.39 is 18.0 Å². The zero-order valence-corrected chi connectivity index (χ0v) is 14.3. The molecule has 0 aromatic carbocycles. The molecular formula is C16H19F3N4OS. The summed E-state index contributed by atoms with van der Waals surface area (Å²) in [6.45, 7) is 0. The summed E-state index contributed by atoms with van der Waals surface area (Å²) >= 11 is 1.14. The van der Waals surface area contributed by atoms with Crippen LogP contribution in [0.15, 0.2) is 6.20 Å². The van der Waals surface area contributed by atoms with Crippen LogP contribution < -0.4 is 10.6 Å². The minimum absolute atomic E-state index is 0.0300. The Kier molecular flexibility index (Phi) is 5.18. The third-order valence-corrected chi connectivity index (χ3v) is 6.13. The fourth-order valence-electron chi connectivity index (χ4n) is 3.63. The van der Waals surface area contributed by atoms with Crippen LogP contribution >= 0.6 is 11.3 Å². The molecule has 5 nitrogen and oxygen atoms in total. The first-order valence-corrected chi connectivity index (χ1v) is 9.18. The number of anilines is 1. The Labute approximate surface area is 147 Å². The van der Waals surface area contributed by atoms with Gasteiger partial charge in [-0.05, 0) is 25.7 Å². The van der Waals surface area contributed by atoms with Crippen molar-refractivity contribution >= 4 is 22.4 Å². The van der Waals surface area contributed by atoms with Crippen LogP contribution in [0.3, 0.4) is 0 Å². The lowest BCUT2D eigenvalue weighted by molar-refractivity contribution is -0.187. The van der Waals surface area contributed by atoms with Gasteiger partial charge >= 0.3 is 6.18 Å². The van der Waals surface area contributed by atoms with Crippen molar-refractivity contribution in [3.05, 3.63) is 11.1 Å². The number of hydrogen-bond donors (Lipinski definition) is 2. The topological polar surface area (TPSA) is 77.8 Å². The van der Waals surface area contributed by atoms with Crippen molar-refractivity contribution in [2.75, 3.05) is 5.32 Å². The van der Waals surface area contributed by atoms with Crippen LogP contribution in [0.2, 0.25) is 0 Å². The fourth-order valence-corrected chi connectivity index (χ4v) is 4.65. The molecule has 3 rings (SSSR count). The molecule has 2 saturated carbocycles. The van der Waals surface area contributed by atoms with E-state index in [0.29, 0.717) is 35.7 Å². The van der Waals surface area contributed by atoms with Crippen molar-refractivity contribution in [1.82, 2.24) is 10.3 Å². The summed E-state index contributed by atoms with van der Waals surface area (Å²) in [5.74, 6) is -2.26. The molecule has 1 aromatic heterocycles. The Morgan fingerprint density at radius 2 is 2.04 bits per heavy atom. The summed E-state index contributed by atoms with van der Waals surface area (Å²) < 4.78 is 39.7. The van der Waals surface area contributed by atoms with Crippen molar-refractivity contribution in [3.63, 3.8) is 0 Å². The van der Waals surface area contributed by atoms with Crippen molar-refractivity contribution in [3.8, 4) is 6.19 Å². The Bertz CT molecular complexity index is 663. The molecule has 2 fully saturated rings. The number of nitriles is 1. The molecule has 0 spiro atoms. The quantitative estimate of drug-likeness (QED) is 0.623. The predicted molar refractivity (Wildman–Crippen MR) is 86.8 cm³/mol. The number of hydrogen-bond acceptors (Lipinski definition) is 5. The van der Waals surface area contributed by atoms with E-state index in [4.69, 9.17) is 5.26 Å². The van der Waals surface area contributed by atoms with Crippen LogP contribution in [0.25, 0.3) is 0 Å². The molecule has 2 atom stereocenters. The molecule has 0 radical (unpaired) electrons. The highest BCUT2D eigenvalue weighted by molar-refractivity contribution is 7.15. The number of amides is 1. The Morgan fingerprint density at radius 1 is 1.32 bits per heavy atom. The molecule has 2 aliphatic rings. The second-order valence-electron chi connectivity index (χ2n) is 6.72. The number of alkyl halides is 3. The highest BCUT2D eigenvalue weighted by atomic mass is 32.1. The lowest BCUT2D eigenvalue weighted by Crippen LogP contribution is -2.44. The van der Waals surface area contributed by atoms with E-state index in [-0.39, 0.29) is 24.3 Å². The minimum atomic E-state index is -4.20. The van der Waals surface area contributed by atoms with Crippen LogP contribution in [-0.4, -0.2) is 23.1 Å². The van der Waals surface area contributed by atoms with Crippen LogP contribution in [0.4, 0.5) is 18.3 Å². The predicted octanol–water partition coefficient (Wildman–Crippen LogP) is 3.77. The molecule has 1 amide bonds. The first-order valence-electron chi connectivity index (χ1n) is 8.36. The Balaban J connectivity index is 1.60. The van der Waals surface area contributed by atoms with E-state index in [0.717, 1.165) is 17.8 Å². The van der Waals surface area contributed by atoms with E-state index in [1.165, 1.54) is 6.20 Å². The van der Waals surface area contributed by atoms with E-state index in [2.05, 4.69) is 15.6 Å². The van der Waals surface area contributed by atoms with Gasteiger partial charge in [0.05, 0.1) is 5.92 Å². The largest absolute Gasteiger partial charge is 0.392 e. The number of thiazole rings is 1. The minimum Gasteiger partial charge on any atom is -0.321 e. The maximum Gasteiger partial charge on any atom is 0.392 e. The van der Waals surface area contributed by atoms with Gasteiger partial charge in [-0.2, -0.15) is 18.4 Å². The fraction of sp³-hybridized carbons (Fsp3) is 0.688. The maximum atomic E-state index is 13.2. The summed E-state index contributed by atoms with van der Waals surface area (Å²) in [6, 6.07) is 0.0300. The van der Waals surface area contributed by atoms with Gasteiger partial charge in [0.25, 0.3) is 0 Å². The van der Waals surface area contributed by atoms with Crippen LogP contribution in [0, 0.1) is 23.3 Å². The summed E-state index contributed by atoms with van der Waals surface area (Å²) in [5, 5.41) is 14.2. The molecule has 0 bridgehead atoms. The van der Waals surface area contributed by atoms with Gasteiger partial charge in [0.1, 0.15) is 0 Å². The van der Waals surface area contributed by atoms with Gasteiger partial charge in [0.2, 0.25) is 5.91 Å². The molecule has 0 unspecified atom stereocenters. The number of carbonyl (C=O) groups is 1. The Morgan fingerprint density at radius 3 is 2.72 bits per heavy atom. The van der Waals surface area contributed by atoms with Gasteiger partial charge in [-0.15, -0.1) is 11.3 Å². The summed E-state index contributed by atoms with van der Waals surface area (Å²) in [7, 11) is 0. The molecule has 0 aliphatic heterocycles. The smallest absolute Gasteiger partial charge is 0.321 e. The van der Waals surface area contributed by atoms with Gasteiger partial charge in [-0.1, -0.05) is 12.8 Å². The monoisotopic (exact) mass is 372 g/mol. The number of carbonyl (C=O) groups excluding carboxylic acids is 1. The van der Waals surface area contributed by atoms with E-state index in [9.17, 15) is 18.0 Å². The van der Waals surface area contributed by atoms with Gasteiger partial charge < -0.3 is 10.6 Å². The van der Waals surface area contributed by atoms with E-state index >= 15 is 0 Å². The summed E-state index contributed by atoms with van der Waals surface area (Å²) in [6.07, 6.45) is 2.32. The zero-order chi connectivity index (χ0) is 18.0. The second kappa shape index (κ2) is 7.20. The Hall–Kier alpha value is -1.82. The lowest BCUT2D eigenvalue weighted by Gasteiger charge is -2.32. The van der Waals surface area contributed by atoms with Crippen molar-refractivity contribution in [1.29, 1.82) is 5.26 Å². The molecule has 136 valence electrons. The van der Waals surface area contributed by atoms with Crippen LogP contribution in [-0.2, 0) is 4.79 Å². The number of aromatic nitrogens is 1. The first kappa shape index (κ1) is 18.0. The first-order chi connectivity index (χ1) is 11.9. The molecule has 9 heteroatoms. The van der Waals surface area contributed by atoms with Crippen LogP contribution in [0.5, 0.6) is 0 Å². The lowest BCUT2D eigenvalue weighted by atomic mass is 9.78. The third-order valence-electron chi connectivity index (χ3n) is 5.08. The highest BCUT2D eigenvalue weighted by Gasteiger charge is 2.46. The average Bonchev–Trinajstić information content (AvgIpc) is 2.98. The number of halogens is 3. The van der Waals surface area contributed by atoms with Crippen molar-refractivity contribution in [2.24, 2.45) is 11.8 Å². The average molecular weight is 372 g/mol. The molecule has 1 aromatic rings. The molecule has 2 N–H and O–H groups in total. The van der Waals surface area contributed by atoms with Crippen LogP contribution in [0.1, 0.15) is 49.3 Å². The third kappa shape index (κ3) is 4.06. The summed E-state index contributed by atoms with van der Waals surface area (Å²) in [4.78, 5) is 16.8. The van der Waals surface area contributed by atoms with Gasteiger partial charge in [0, 0.05) is 29.0 Å². The molecule has 2 aliphatic carbocycles. The van der Waals surface area contributed by atoms with Gasteiger partial charge in [-0.25, -0.2) is 4.98 Å². The maximum absolute atomic E-state index is 13.2. The van der Waals surface area contributed by atoms with E-state index in [1.807, 2.05) is 6.19 Å². The normalized spacial score (nSPS) is 29.4. The molecule has 25 heavy (non-hydrogen) atoms. The van der Waals surface area contributed by atoms with E-state index in [1.54, 1.807) is 0 Å². The summed E-state index contributed by atoms with van der Waals surface area (Å²) in [5.41, 5.74) is 0. The SMILES string of the molecule is N#CN[C@H]1C[C@H](C(=O)Nc2ncc([C@@H]3CCCC[C@@H]3C(F)(F)F)s2)C1. The highest BCUT2D eigenvalue weighted by Crippen LogP contribution is 2.48. The molecular weight excluding hydrogens is 353 g/mol. The van der Waals surface area contributed by atoms with Crippen molar-refractivity contribution < 1.29 is 18.0 Å². The van der Waals surface area contributed by atoms with Gasteiger partial charge in [0.15, 0.2) is 11.3 Å². The standard InChI is InChI=1S/C16H19F3N4OS/c17-16(18,19)12-4-2-1-3-11(12)13-7-21-15(25-13)23-14(24)9-5-10(6-9)22-8-20/h7,9-12,22H,1-6H2,(H,21,23,24)/t9-,10-,11-,12+/m1/s1. The van der Waals surface area contributed by atoms with Crippen molar-refractivity contribution in [2.45, 2.75) is 56.7 Å². The number of rotatable bonds is 4. The number of nitrogens with one attached hydrogen (secondary N) is 2. The second-order valence-corrected chi connectivity index (χ2v) is 7.78. The molecule has 0 saturated heterocycles.